The molecule has 4 nitrogen and oxygen atoms in total. The van der Waals surface area contributed by atoms with Gasteiger partial charge in [0.25, 0.3) is 0 Å². The molecule has 2 amide bonds. The summed E-state index contributed by atoms with van der Waals surface area (Å²) in [7, 11) is 0. The lowest BCUT2D eigenvalue weighted by Crippen LogP contribution is -2.44. The van der Waals surface area contributed by atoms with Crippen LogP contribution in [-0.4, -0.2) is 16.8 Å². The monoisotopic (exact) mass is 246 g/mol. The van der Waals surface area contributed by atoms with Crippen molar-refractivity contribution in [1.29, 1.82) is 0 Å². The van der Waals surface area contributed by atoms with Gasteiger partial charge < -0.3 is 0 Å². The molecule has 4 heteroatoms. The van der Waals surface area contributed by atoms with E-state index in [2.05, 4.69) is 17.2 Å². The van der Waals surface area contributed by atoms with Crippen molar-refractivity contribution in [2.45, 2.75) is 39.0 Å². The molecule has 1 aliphatic rings. The van der Waals surface area contributed by atoms with Crippen LogP contribution in [0.5, 0.6) is 0 Å². The van der Waals surface area contributed by atoms with E-state index in [0.29, 0.717) is 6.42 Å². The third kappa shape index (κ3) is 2.42. The predicted octanol–water partition coefficient (Wildman–Crippen LogP) is 1.94. The second-order valence-electron chi connectivity index (χ2n) is 4.85. The fourth-order valence-corrected chi connectivity index (χ4v) is 2.64. The minimum absolute atomic E-state index is 0.0279. The lowest BCUT2D eigenvalue weighted by molar-refractivity contribution is -0.137. The second-order valence-corrected chi connectivity index (χ2v) is 4.85. The molecule has 0 saturated carbocycles. The number of imide groups is 1. The zero-order valence-corrected chi connectivity index (χ0v) is 10.8. The quantitative estimate of drug-likeness (QED) is 0.829. The van der Waals surface area contributed by atoms with Gasteiger partial charge in [0.2, 0.25) is 11.8 Å². The first-order chi connectivity index (χ1) is 8.63. The van der Waals surface area contributed by atoms with E-state index >= 15 is 0 Å². The van der Waals surface area contributed by atoms with Gasteiger partial charge in [-0.25, -0.2) is 0 Å². The van der Waals surface area contributed by atoms with Crippen molar-refractivity contribution >= 4 is 11.8 Å². The Morgan fingerprint density at radius 2 is 2.22 bits per heavy atom. The molecule has 1 aromatic heterocycles. The molecule has 0 aromatic carbocycles. The maximum absolute atomic E-state index is 11.9. The Bertz CT molecular complexity index is 471. The topological polar surface area (TPSA) is 59.1 Å². The number of pyridine rings is 1. The van der Waals surface area contributed by atoms with E-state index in [1.54, 1.807) is 12.4 Å². The first-order valence-corrected chi connectivity index (χ1v) is 6.37. The summed E-state index contributed by atoms with van der Waals surface area (Å²) in [5.74, 6) is -0.461. The average molecular weight is 246 g/mol. The summed E-state index contributed by atoms with van der Waals surface area (Å²) < 4.78 is 0. The molecule has 18 heavy (non-hydrogen) atoms. The van der Waals surface area contributed by atoms with Crippen LogP contribution in [0.2, 0.25) is 0 Å². The summed E-state index contributed by atoms with van der Waals surface area (Å²) >= 11 is 0. The molecule has 96 valence electrons. The largest absolute Gasteiger partial charge is 0.296 e. The maximum atomic E-state index is 11.9. The van der Waals surface area contributed by atoms with Crippen LogP contribution >= 0.6 is 0 Å². The first-order valence-electron chi connectivity index (χ1n) is 6.37. The lowest BCUT2D eigenvalue weighted by Gasteiger charge is -2.30. The van der Waals surface area contributed by atoms with Gasteiger partial charge in [0, 0.05) is 30.7 Å². The molecule has 1 aliphatic heterocycles. The molecular weight excluding hydrogens is 228 g/mol. The summed E-state index contributed by atoms with van der Waals surface area (Å²) in [6.45, 7) is 4.05. The molecule has 1 fully saturated rings. The van der Waals surface area contributed by atoms with Crippen LogP contribution in [0.3, 0.4) is 0 Å². The van der Waals surface area contributed by atoms with E-state index in [0.717, 1.165) is 24.0 Å². The van der Waals surface area contributed by atoms with Crippen molar-refractivity contribution < 1.29 is 9.59 Å². The summed E-state index contributed by atoms with van der Waals surface area (Å²) in [6, 6.07) is 1.93. The van der Waals surface area contributed by atoms with Gasteiger partial charge in [-0.3, -0.25) is 19.9 Å². The van der Waals surface area contributed by atoms with Gasteiger partial charge in [0.15, 0.2) is 0 Å². The number of carbonyl (C=O) groups is 2. The highest BCUT2D eigenvalue weighted by Gasteiger charge is 2.36. The Hall–Kier alpha value is -1.71. The standard InChI is InChI=1S/C14H18N2O2/c1-3-4-10-11(7-13(17)16-14(10)18)12-8-15-6-5-9(12)2/h5-6,8,10-11H,3-4,7H2,1-2H3,(H,16,17,18). The minimum atomic E-state index is -0.180. The molecule has 2 heterocycles. The molecule has 1 saturated heterocycles. The van der Waals surface area contributed by atoms with Gasteiger partial charge in [0.05, 0.1) is 0 Å². The first kappa shape index (κ1) is 12.7. The Morgan fingerprint density at radius 3 is 2.89 bits per heavy atom. The highest BCUT2D eigenvalue weighted by atomic mass is 16.2. The Labute approximate surface area is 107 Å². The van der Waals surface area contributed by atoms with E-state index in [9.17, 15) is 9.59 Å². The average Bonchev–Trinajstić information content (AvgIpc) is 2.33. The number of aromatic nitrogens is 1. The van der Waals surface area contributed by atoms with E-state index < -0.39 is 0 Å². The van der Waals surface area contributed by atoms with Gasteiger partial charge in [-0.05, 0) is 30.5 Å². The second kappa shape index (κ2) is 5.29. The Balaban J connectivity index is 2.35. The van der Waals surface area contributed by atoms with Crippen molar-refractivity contribution in [3.63, 3.8) is 0 Å². The van der Waals surface area contributed by atoms with Crippen LogP contribution in [0, 0.1) is 12.8 Å². The number of nitrogens with zero attached hydrogens (tertiary/aromatic N) is 1. The SMILES string of the molecule is CCCC1C(=O)NC(=O)CC1c1cnccc1C. The van der Waals surface area contributed by atoms with Crippen molar-refractivity contribution in [3.8, 4) is 0 Å². The number of piperidine rings is 1. The van der Waals surface area contributed by atoms with E-state index in [1.807, 2.05) is 13.0 Å². The number of rotatable bonds is 3. The van der Waals surface area contributed by atoms with Crippen molar-refractivity contribution in [2.24, 2.45) is 5.92 Å². The third-order valence-corrected chi connectivity index (χ3v) is 3.57. The van der Waals surface area contributed by atoms with Crippen LogP contribution < -0.4 is 5.32 Å². The van der Waals surface area contributed by atoms with Gasteiger partial charge in [-0.15, -0.1) is 0 Å². The molecule has 1 N–H and O–H groups in total. The summed E-state index contributed by atoms with van der Waals surface area (Å²) in [5, 5.41) is 2.44. The van der Waals surface area contributed by atoms with Crippen LogP contribution in [-0.2, 0) is 9.59 Å². The Kier molecular flexibility index (Phi) is 3.75. The molecule has 2 unspecified atom stereocenters. The van der Waals surface area contributed by atoms with Crippen LogP contribution in [0.25, 0.3) is 0 Å². The molecule has 0 spiro atoms. The van der Waals surface area contributed by atoms with Gasteiger partial charge in [-0.2, -0.15) is 0 Å². The fourth-order valence-electron chi connectivity index (χ4n) is 2.64. The number of amides is 2. The summed E-state index contributed by atoms with van der Waals surface area (Å²) in [4.78, 5) is 27.6. The molecule has 0 aliphatic carbocycles. The van der Waals surface area contributed by atoms with Crippen molar-refractivity contribution in [1.82, 2.24) is 10.3 Å². The number of carbonyl (C=O) groups excluding carboxylic acids is 2. The van der Waals surface area contributed by atoms with Crippen LogP contribution in [0.4, 0.5) is 0 Å². The molecule has 2 atom stereocenters. The number of hydrogen-bond acceptors (Lipinski definition) is 3. The van der Waals surface area contributed by atoms with Crippen molar-refractivity contribution in [2.75, 3.05) is 0 Å². The van der Waals surface area contributed by atoms with Gasteiger partial charge in [-0.1, -0.05) is 13.3 Å². The summed E-state index contributed by atoms with van der Waals surface area (Å²) in [6.07, 6.45) is 5.63. The molecule has 0 bridgehead atoms. The number of hydrogen-bond donors (Lipinski definition) is 1. The van der Waals surface area contributed by atoms with Gasteiger partial charge in [0.1, 0.15) is 0 Å². The highest BCUT2D eigenvalue weighted by molar-refractivity contribution is 5.99. The van der Waals surface area contributed by atoms with Gasteiger partial charge >= 0.3 is 0 Å². The lowest BCUT2D eigenvalue weighted by atomic mass is 9.77. The zero-order chi connectivity index (χ0) is 13.1. The smallest absolute Gasteiger partial charge is 0.230 e. The normalized spacial score (nSPS) is 23.9. The number of aryl methyl sites for hydroxylation is 1. The number of nitrogens with one attached hydrogen (secondary N) is 1. The van der Waals surface area contributed by atoms with Crippen LogP contribution in [0.1, 0.15) is 43.2 Å². The highest BCUT2D eigenvalue weighted by Crippen LogP contribution is 2.35. The van der Waals surface area contributed by atoms with E-state index in [1.165, 1.54) is 0 Å². The predicted molar refractivity (Wildman–Crippen MR) is 67.9 cm³/mol. The molecule has 2 rings (SSSR count). The van der Waals surface area contributed by atoms with E-state index in [4.69, 9.17) is 0 Å². The van der Waals surface area contributed by atoms with Crippen molar-refractivity contribution in [3.05, 3.63) is 29.6 Å². The molecular formula is C14H18N2O2. The molecule has 1 aromatic rings. The Morgan fingerprint density at radius 1 is 1.44 bits per heavy atom. The molecule has 0 radical (unpaired) electrons. The van der Waals surface area contributed by atoms with E-state index in [-0.39, 0.29) is 23.7 Å². The fraction of sp³-hybridized carbons (Fsp3) is 0.500. The minimum Gasteiger partial charge on any atom is -0.296 e. The maximum Gasteiger partial charge on any atom is 0.230 e. The zero-order valence-electron chi connectivity index (χ0n) is 10.8. The third-order valence-electron chi connectivity index (χ3n) is 3.57. The van der Waals surface area contributed by atoms with Crippen LogP contribution in [0.15, 0.2) is 18.5 Å². The summed E-state index contributed by atoms with van der Waals surface area (Å²) in [5.41, 5.74) is 2.12.